The second-order valence-electron chi connectivity index (χ2n) is 5.11. The SMILES string of the molecule is CCC(C)c1cc(OC(=O)C=O)cc(C(C)CC)c1O. The highest BCUT2D eigenvalue weighted by Gasteiger charge is 2.19. The molecule has 0 heterocycles. The monoisotopic (exact) mass is 278 g/mol. The van der Waals surface area contributed by atoms with Crippen LogP contribution in [0.2, 0.25) is 0 Å². The van der Waals surface area contributed by atoms with Gasteiger partial charge in [0.1, 0.15) is 11.5 Å². The van der Waals surface area contributed by atoms with Gasteiger partial charge in [0.05, 0.1) is 0 Å². The van der Waals surface area contributed by atoms with Gasteiger partial charge in [0.25, 0.3) is 0 Å². The van der Waals surface area contributed by atoms with Crippen LogP contribution in [0.5, 0.6) is 11.5 Å². The number of hydrogen-bond acceptors (Lipinski definition) is 4. The molecule has 1 rings (SSSR count). The van der Waals surface area contributed by atoms with Crippen molar-refractivity contribution in [2.45, 2.75) is 52.4 Å². The zero-order valence-electron chi connectivity index (χ0n) is 12.5. The first-order valence-corrected chi connectivity index (χ1v) is 6.98. The third-order valence-electron chi connectivity index (χ3n) is 3.74. The predicted octanol–water partition coefficient (Wildman–Crippen LogP) is 3.52. The van der Waals surface area contributed by atoms with Crippen LogP contribution in [-0.2, 0) is 9.59 Å². The molecule has 0 saturated carbocycles. The minimum absolute atomic E-state index is 0.138. The maximum Gasteiger partial charge on any atom is 0.376 e. The van der Waals surface area contributed by atoms with E-state index in [4.69, 9.17) is 4.74 Å². The summed E-state index contributed by atoms with van der Waals surface area (Å²) in [5, 5.41) is 10.4. The summed E-state index contributed by atoms with van der Waals surface area (Å²) >= 11 is 0. The molecule has 0 fully saturated rings. The lowest BCUT2D eigenvalue weighted by atomic mass is 9.90. The van der Waals surface area contributed by atoms with Crippen LogP contribution in [0.15, 0.2) is 12.1 Å². The molecule has 20 heavy (non-hydrogen) atoms. The molecule has 110 valence electrons. The number of aldehydes is 1. The molecule has 4 nitrogen and oxygen atoms in total. The largest absolute Gasteiger partial charge is 0.507 e. The molecular formula is C16H22O4. The highest BCUT2D eigenvalue weighted by molar-refractivity contribution is 6.21. The highest BCUT2D eigenvalue weighted by atomic mass is 16.5. The number of carbonyl (C=O) groups excluding carboxylic acids is 2. The zero-order valence-corrected chi connectivity index (χ0v) is 12.5. The lowest BCUT2D eigenvalue weighted by Crippen LogP contribution is -2.10. The Bertz CT molecular complexity index is 462. The van der Waals surface area contributed by atoms with E-state index in [0.29, 0.717) is 5.75 Å². The van der Waals surface area contributed by atoms with Crippen LogP contribution in [0, 0.1) is 0 Å². The quantitative estimate of drug-likeness (QED) is 0.374. The number of aromatic hydroxyl groups is 1. The van der Waals surface area contributed by atoms with Crippen LogP contribution >= 0.6 is 0 Å². The summed E-state index contributed by atoms with van der Waals surface area (Å²) in [6.45, 7) is 8.05. The Labute approximate surface area is 119 Å². The molecular weight excluding hydrogens is 256 g/mol. The molecule has 0 saturated heterocycles. The first-order valence-electron chi connectivity index (χ1n) is 6.98. The molecule has 0 radical (unpaired) electrons. The third kappa shape index (κ3) is 3.59. The number of ether oxygens (including phenoxy) is 1. The maximum absolute atomic E-state index is 11.1. The summed E-state index contributed by atoms with van der Waals surface area (Å²) in [5.74, 6) is -0.0635. The number of carbonyl (C=O) groups is 2. The molecule has 0 bridgehead atoms. The van der Waals surface area contributed by atoms with Crippen LogP contribution in [-0.4, -0.2) is 17.4 Å². The fourth-order valence-electron chi connectivity index (χ4n) is 2.04. The van der Waals surface area contributed by atoms with Crippen molar-refractivity contribution in [2.75, 3.05) is 0 Å². The standard InChI is InChI=1S/C16H22O4/c1-5-10(3)13-7-12(20-15(18)9-17)8-14(16(13)19)11(4)6-2/h7-11,19H,5-6H2,1-4H3. The Hall–Kier alpha value is -1.84. The van der Waals surface area contributed by atoms with E-state index in [9.17, 15) is 14.7 Å². The Balaban J connectivity index is 3.32. The maximum atomic E-state index is 11.1. The Morgan fingerprint density at radius 2 is 1.65 bits per heavy atom. The van der Waals surface area contributed by atoms with E-state index in [1.165, 1.54) is 0 Å². The van der Waals surface area contributed by atoms with Gasteiger partial charge in [-0.05, 0) is 36.8 Å². The Kier molecular flexibility index (Phi) is 5.74. The summed E-state index contributed by atoms with van der Waals surface area (Å²) in [4.78, 5) is 21.5. The number of esters is 1. The van der Waals surface area contributed by atoms with Gasteiger partial charge < -0.3 is 9.84 Å². The van der Waals surface area contributed by atoms with E-state index in [0.717, 1.165) is 24.0 Å². The summed E-state index contributed by atoms with van der Waals surface area (Å²) in [5.41, 5.74) is 1.50. The molecule has 0 aliphatic rings. The van der Waals surface area contributed by atoms with Crippen molar-refractivity contribution in [3.8, 4) is 11.5 Å². The van der Waals surface area contributed by atoms with Gasteiger partial charge in [-0.1, -0.05) is 27.7 Å². The summed E-state index contributed by atoms with van der Waals surface area (Å²) < 4.78 is 4.97. The molecule has 2 atom stereocenters. The average molecular weight is 278 g/mol. The first kappa shape index (κ1) is 16.2. The molecule has 0 aromatic heterocycles. The molecule has 2 unspecified atom stereocenters. The fourth-order valence-corrected chi connectivity index (χ4v) is 2.04. The lowest BCUT2D eigenvalue weighted by Gasteiger charge is -2.19. The number of phenols is 1. The van der Waals surface area contributed by atoms with Crippen molar-refractivity contribution in [3.05, 3.63) is 23.3 Å². The fraction of sp³-hybridized carbons (Fsp3) is 0.500. The average Bonchev–Trinajstić information content (AvgIpc) is 2.46. The van der Waals surface area contributed by atoms with Crippen LogP contribution in [0.4, 0.5) is 0 Å². The van der Waals surface area contributed by atoms with Crippen LogP contribution in [0.25, 0.3) is 0 Å². The summed E-state index contributed by atoms with van der Waals surface area (Å²) in [7, 11) is 0. The minimum atomic E-state index is -0.930. The van der Waals surface area contributed by atoms with Gasteiger partial charge in [-0.3, -0.25) is 4.79 Å². The van der Waals surface area contributed by atoms with Gasteiger partial charge in [0, 0.05) is 11.1 Å². The second kappa shape index (κ2) is 7.08. The topological polar surface area (TPSA) is 63.6 Å². The molecule has 0 aliphatic carbocycles. The number of hydrogen-bond donors (Lipinski definition) is 1. The van der Waals surface area contributed by atoms with Crippen LogP contribution < -0.4 is 4.74 Å². The molecule has 1 aromatic rings. The van der Waals surface area contributed by atoms with Gasteiger partial charge in [-0.15, -0.1) is 0 Å². The van der Waals surface area contributed by atoms with Crippen molar-refractivity contribution < 1.29 is 19.4 Å². The third-order valence-corrected chi connectivity index (χ3v) is 3.74. The second-order valence-corrected chi connectivity index (χ2v) is 5.11. The van der Waals surface area contributed by atoms with E-state index in [2.05, 4.69) is 0 Å². The summed E-state index contributed by atoms with van der Waals surface area (Å²) in [6.07, 6.45) is 1.86. The van der Waals surface area contributed by atoms with E-state index in [1.54, 1.807) is 12.1 Å². The number of rotatable bonds is 6. The zero-order chi connectivity index (χ0) is 15.3. The first-order chi connectivity index (χ1) is 9.44. The highest BCUT2D eigenvalue weighted by Crippen LogP contribution is 2.39. The minimum Gasteiger partial charge on any atom is -0.507 e. The van der Waals surface area contributed by atoms with Crippen LogP contribution in [0.1, 0.15) is 63.5 Å². The Morgan fingerprint density at radius 1 is 1.20 bits per heavy atom. The van der Waals surface area contributed by atoms with Crippen molar-refractivity contribution >= 4 is 12.3 Å². The summed E-state index contributed by atoms with van der Waals surface area (Å²) in [6, 6.07) is 3.27. The molecule has 0 aliphatic heterocycles. The predicted molar refractivity (Wildman–Crippen MR) is 77.2 cm³/mol. The molecule has 4 heteroatoms. The van der Waals surface area contributed by atoms with Gasteiger partial charge in [-0.2, -0.15) is 0 Å². The van der Waals surface area contributed by atoms with Crippen molar-refractivity contribution in [1.82, 2.24) is 0 Å². The van der Waals surface area contributed by atoms with E-state index >= 15 is 0 Å². The number of benzene rings is 1. The van der Waals surface area contributed by atoms with E-state index in [-0.39, 0.29) is 23.9 Å². The van der Waals surface area contributed by atoms with E-state index in [1.807, 2.05) is 27.7 Å². The van der Waals surface area contributed by atoms with Crippen molar-refractivity contribution in [3.63, 3.8) is 0 Å². The number of phenolic OH excluding ortho intramolecular Hbond substituents is 1. The van der Waals surface area contributed by atoms with Crippen LogP contribution in [0.3, 0.4) is 0 Å². The van der Waals surface area contributed by atoms with Gasteiger partial charge >= 0.3 is 5.97 Å². The molecule has 0 amide bonds. The molecule has 0 spiro atoms. The molecule has 1 N–H and O–H groups in total. The lowest BCUT2D eigenvalue weighted by molar-refractivity contribution is -0.141. The van der Waals surface area contributed by atoms with Gasteiger partial charge in [0.2, 0.25) is 6.29 Å². The van der Waals surface area contributed by atoms with Gasteiger partial charge in [0.15, 0.2) is 0 Å². The smallest absolute Gasteiger partial charge is 0.376 e. The Morgan fingerprint density at radius 3 is 2.00 bits per heavy atom. The van der Waals surface area contributed by atoms with Gasteiger partial charge in [-0.25, -0.2) is 4.79 Å². The van der Waals surface area contributed by atoms with E-state index < -0.39 is 5.97 Å². The van der Waals surface area contributed by atoms with Crippen molar-refractivity contribution in [1.29, 1.82) is 0 Å². The molecule has 1 aromatic carbocycles. The van der Waals surface area contributed by atoms with Crippen molar-refractivity contribution in [2.24, 2.45) is 0 Å². The normalized spacial score (nSPS) is 13.6.